The van der Waals surface area contributed by atoms with Crippen LogP contribution in [0.15, 0.2) is 46.9 Å². The van der Waals surface area contributed by atoms with Crippen LogP contribution in [0.2, 0.25) is 0 Å². The van der Waals surface area contributed by atoms with Gasteiger partial charge >= 0.3 is 6.03 Å². The Morgan fingerprint density at radius 1 is 0.882 bits per heavy atom. The monoisotopic (exact) mass is 462 g/mol. The maximum absolute atomic E-state index is 11.8. The highest BCUT2D eigenvalue weighted by molar-refractivity contribution is 5.89. The molecule has 0 spiro atoms. The van der Waals surface area contributed by atoms with Crippen LogP contribution < -0.4 is 10.6 Å². The van der Waals surface area contributed by atoms with Crippen LogP contribution >= 0.6 is 0 Å². The number of carbonyl (C=O) groups is 1. The second-order valence-corrected chi connectivity index (χ2v) is 10.9. The van der Waals surface area contributed by atoms with Crippen LogP contribution in [0.3, 0.4) is 0 Å². The summed E-state index contributed by atoms with van der Waals surface area (Å²) in [4.78, 5) is 11.8. The first-order valence-electron chi connectivity index (χ1n) is 12.1. The van der Waals surface area contributed by atoms with Gasteiger partial charge in [0.1, 0.15) is 0 Å². The van der Waals surface area contributed by atoms with Crippen molar-refractivity contribution < 1.29 is 9.21 Å². The van der Waals surface area contributed by atoms with Gasteiger partial charge in [0, 0.05) is 24.2 Å². The van der Waals surface area contributed by atoms with Gasteiger partial charge in [0.05, 0.1) is 0 Å². The van der Waals surface area contributed by atoms with E-state index in [1.54, 1.807) is 0 Å². The molecular weight excluding hydrogens is 424 g/mol. The molecule has 6 heteroatoms. The number of urea groups is 1. The Hall–Kier alpha value is -3.15. The minimum absolute atomic E-state index is 0.0244. The van der Waals surface area contributed by atoms with Crippen molar-refractivity contribution in [1.29, 1.82) is 0 Å². The Morgan fingerprint density at radius 3 is 2.06 bits per heavy atom. The molecule has 2 aromatic carbocycles. The summed E-state index contributed by atoms with van der Waals surface area (Å²) in [6.45, 7) is 16.0. The van der Waals surface area contributed by atoms with E-state index >= 15 is 0 Å². The Kier molecular flexibility index (Phi) is 7.80. The molecule has 0 saturated carbocycles. The van der Waals surface area contributed by atoms with Gasteiger partial charge in [0.25, 0.3) is 0 Å². The van der Waals surface area contributed by atoms with Gasteiger partial charge in [-0.25, -0.2) is 4.79 Å². The number of nitrogens with zero attached hydrogens (tertiary/aromatic N) is 2. The maximum atomic E-state index is 11.8. The van der Waals surface area contributed by atoms with E-state index in [4.69, 9.17) is 4.42 Å². The highest BCUT2D eigenvalue weighted by atomic mass is 16.4. The molecule has 0 radical (unpaired) electrons. The summed E-state index contributed by atoms with van der Waals surface area (Å²) in [5.74, 6) is 1.18. The van der Waals surface area contributed by atoms with Crippen LogP contribution in [0.4, 0.5) is 10.5 Å². The van der Waals surface area contributed by atoms with E-state index in [-0.39, 0.29) is 16.9 Å². The van der Waals surface area contributed by atoms with Gasteiger partial charge in [0.2, 0.25) is 11.8 Å². The van der Waals surface area contributed by atoms with Crippen LogP contribution in [0, 0.1) is 0 Å². The minimum atomic E-state index is -0.182. The molecule has 0 aliphatic heterocycles. The number of carbonyl (C=O) groups excluding carboxylic acids is 1. The van der Waals surface area contributed by atoms with E-state index in [0.29, 0.717) is 24.7 Å². The maximum Gasteiger partial charge on any atom is 0.319 e. The zero-order valence-electron chi connectivity index (χ0n) is 21.6. The molecule has 0 bridgehead atoms. The molecule has 34 heavy (non-hydrogen) atoms. The molecule has 0 aliphatic rings. The zero-order valence-corrected chi connectivity index (χ0v) is 21.6. The van der Waals surface area contributed by atoms with E-state index in [2.05, 4.69) is 80.6 Å². The first kappa shape index (κ1) is 25.5. The van der Waals surface area contributed by atoms with E-state index in [1.807, 2.05) is 31.2 Å². The van der Waals surface area contributed by atoms with Crippen molar-refractivity contribution in [1.82, 2.24) is 15.5 Å². The highest BCUT2D eigenvalue weighted by Gasteiger charge is 2.22. The van der Waals surface area contributed by atoms with E-state index < -0.39 is 0 Å². The lowest BCUT2D eigenvalue weighted by Crippen LogP contribution is -2.29. The second kappa shape index (κ2) is 10.4. The predicted molar refractivity (Wildman–Crippen MR) is 138 cm³/mol. The molecule has 3 aromatic rings. The second-order valence-electron chi connectivity index (χ2n) is 10.9. The number of rotatable bonds is 7. The minimum Gasteiger partial charge on any atom is -0.421 e. The normalized spacial score (nSPS) is 12.0. The van der Waals surface area contributed by atoms with Crippen LogP contribution in [-0.2, 0) is 23.7 Å². The summed E-state index contributed by atoms with van der Waals surface area (Å²) < 4.78 is 6.05. The van der Waals surface area contributed by atoms with E-state index in [1.165, 1.54) is 11.1 Å². The summed E-state index contributed by atoms with van der Waals surface area (Å²) in [7, 11) is 0. The average Bonchev–Trinajstić information content (AvgIpc) is 3.25. The third-order valence-electron chi connectivity index (χ3n) is 5.75. The van der Waals surface area contributed by atoms with Crippen molar-refractivity contribution in [2.45, 2.75) is 78.6 Å². The molecule has 0 aliphatic carbocycles. The molecule has 0 fully saturated rings. The summed E-state index contributed by atoms with van der Waals surface area (Å²) in [6.07, 6.45) is 2.34. The van der Waals surface area contributed by atoms with Gasteiger partial charge < -0.3 is 15.1 Å². The molecule has 3 rings (SSSR count). The molecule has 6 nitrogen and oxygen atoms in total. The molecule has 1 aromatic heterocycles. The molecule has 0 saturated heterocycles. The molecule has 1 heterocycles. The lowest BCUT2D eigenvalue weighted by Gasteiger charge is -2.25. The van der Waals surface area contributed by atoms with Crippen LogP contribution in [-0.4, -0.2) is 22.8 Å². The third kappa shape index (κ3) is 6.92. The average molecular weight is 463 g/mol. The fourth-order valence-corrected chi connectivity index (χ4v) is 3.51. The Labute approximate surface area is 203 Å². The lowest BCUT2D eigenvalue weighted by atomic mass is 9.79. The first-order valence-corrected chi connectivity index (χ1v) is 12.1. The molecule has 2 amide bonds. The van der Waals surface area contributed by atoms with Crippen LogP contribution in [0.1, 0.15) is 77.5 Å². The topological polar surface area (TPSA) is 80.0 Å². The Bertz CT molecular complexity index is 1070. The van der Waals surface area contributed by atoms with Gasteiger partial charge in [-0.15, -0.1) is 10.2 Å². The predicted octanol–water partition coefficient (Wildman–Crippen LogP) is 6.65. The number of hydrogen-bond acceptors (Lipinski definition) is 4. The fourth-order valence-electron chi connectivity index (χ4n) is 3.51. The zero-order chi connectivity index (χ0) is 24.9. The number of anilines is 1. The molecular formula is C28H38N4O2. The number of hydrogen-bond donors (Lipinski definition) is 2. The standard InChI is InChI=1S/C28H38N4O2/c1-8-15-29-26(33)30-23-12-9-19(10-13-23)11-14-24-31-32-25(34-24)20-16-21(27(2,3)4)18-22(17-20)28(5,6)7/h9-10,12-13,16-18H,8,11,14-15H2,1-7H3,(H2,29,30,33). The molecule has 2 N–H and O–H groups in total. The third-order valence-corrected chi connectivity index (χ3v) is 5.75. The van der Waals surface area contributed by atoms with Gasteiger partial charge in [0.15, 0.2) is 0 Å². The number of aromatic nitrogens is 2. The lowest BCUT2D eigenvalue weighted by molar-refractivity contribution is 0.252. The first-order chi connectivity index (χ1) is 16.0. The number of nitrogens with one attached hydrogen (secondary N) is 2. The van der Waals surface area contributed by atoms with Gasteiger partial charge in [-0.05, 0) is 64.6 Å². The van der Waals surface area contributed by atoms with Crippen LogP contribution in [0.25, 0.3) is 11.5 Å². The Morgan fingerprint density at radius 2 is 1.50 bits per heavy atom. The fraction of sp³-hybridized carbons (Fsp3) is 0.464. The largest absolute Gasteiger partial charge is 0.421 e. The Balaban J connectivity index is 1.69. The summed E-state index contributed by atoms with van der Waals surface area (Å²) in [5.41, 5.74) is 5.44. The van der Waals surface area contributed by atoms with E-state index in [0.717, 1.165) is 29.7 Å². The van der Waals surface area contributed by atoms with Gasteiger partial charge in [-0.2, -0.15) is 0 Å². The number of aryl methyl sites for hydroxylation is 2. The SMILES string of the molecule is CCCNC(=O)Nc1ccc(CCc2nnc(-c3cc(C(C)(C)C)cc(C(C)(C)C)c3)o2)cc1. The number of benzene rings is 2. The molecule has 0 unspecified atom stereocenters. The summed E-state index contributed by atoms with van der Waals surface area (Å²) >= 11 is 0. The molecule has 182 valence electrons. The van der Waals surface area contributed by atoms with Crippen molar-refractivity contribution in [3.05, 3.63) is 65.0 Å². The van der Waals surface area contributed by atoms with Crippen molar-refractivity contribution in [2.24, 2.45) is 0 Å². The highest BCUT2D eigenvalue weighted by Crippen LogP contribution is 2.33. The molecule has 0 atom stereocenters. The quantitative estimate of drug-likeness (QED) is 0.412. The smallest absolute Gasteiger partial charge is 0.319 e. The van der Waals surface area contributed by atoms with Gasteiger partial charge in [-0.1, -0.05) is 66.7 Å². The summed E-state index contributed by atoms with van der Waals surface area (Å²) in [6, 6.07) is 14.3. The summed E-state index contributed by atoms with van der Waals surface area (Å²) in [5, 5.41) is 14.3. The number of amides is 2. The van der Waals surface area contributed by atoms with Crippen LogP contribution in [0.5, 0.6) is 0 Å². The van der Waals surface area contributed by atoms with Crippen molar-refractivity contribution >= 4 is 11.7 Å². The van der Waals surface area contributed by atoms with Crippen molar-refractivity contribution in [2.75, 3.05) is 11.9 Å². The van der Waals surface area contributed by atoms with Gasteiger partial charge in [-0.3, -0.25) is 0 Å². The van der Waals surface area contributed by atoms with Crippen molar-refractivity contribution in [3.63, 3.8) is 0 Å². The van der Waals surface area contributed by atoms with E-state index in [9.17, 15) is 4.79 Å². The van der Waals surface area contributed by atoms with Crippen molar-refractivity contribution in [3.8, 4) is 11.5 Å².